The molecule has 0 saturated heterocycles. The van der Waals surface area contributed by atoms with Crippen molar-refractivity contribution < 1.29 is 9.53 Å². The maximum atomic E-state index is 11.5. The summed E-state index contributed by atoms with van der Waals surface area (Å²) in [5.41, 5.74) is 0. The van der Waals surface area contributed by atoms with Gasteiger partial charge in [-0.3, -0.25) is 4.79 Å². The molecule has 1 fully saturated rings. The first-order valence-corrected chi connectivity index (χ1v) is 6.57. The third-order valence-corrected chi connectivity index (χ3v) is 3.37. The van der Waals surface area contributed by atoms with Crippen molar-refractivity contribution in [2.75, 3.05) is 19.5 Å². The van der Waals surface area contributed by atoms with E-state index in [0.29, 0.717) is 24.9 Å². The second kappa shape index (κ2) is 6.02. The van der Waals surface area contributed by atoms with Gasteiger partial charge in [-0.2, -0.15) is 0 Å². The van der Waals surface area contributed by atoms with E-state index in [0.717, 1.165) is 18.0 Å². The Morgan fingerprint density at radius 1 is 1.71 bits per heavy atom. The van der Waals surface area contributed by atoms with Crippen molar-refractivity contribution in [1.29, 1.82) is 0 Å². The average molecular weight is 256 g/mol. The van der Waals surface area contributed by atoms with Crippen molar-refractivity contribution in [2.24, 2.45) is 0 Å². The standard InChI is InChI=1S/C10H16N4O2S/c1-16-5-4-14-7-11-13-10(14)17-6-9(15)12-8-2-3-8/h7-8H,2-6H2,1H3,(H,12,15). The summed E-state index contributed by atoms with van der Waals surface area (Å²) < 4.78 is 6.88. The van der Waals surface area contributed by atoms with Crippen LogP contribution >= 0.6 is 11.8 Å². The maximum absolute atomic E-state index is 11.5. The van der Waals surface area contributed by atoms with E-state index in [9.17, 15) is 4.79 Å². The molecule has 1 aliphatic carbocycles. The molecule has 17 heavy (non-hydrogen) atoms. The van der Waals surface area contributed by atoms with Crippen LogP contribution in [0.15, 0.2) is 11.5 Å². The molecular formula is C10H16N4O2S. The summed E-state index contributed by atoms with van der Waals surface area (Å²) in [6, 6.07) is 0.412. The van der Waals surface area contributed by atoms with Gasteiger partial charge in [0.15, 0.2) is 5.16 Å². The Morgan fingerprint density at radius 2 is 2.53 bits per heavy atom. The summed E-state index contributed by atoms with van der Waals surface area (Å²) in [4.78, 5) is 11.5. The first-order chi connectivity index (χ1) is 8.29. The molecule has 6 nitrogen and oxygen atoms in total. The Morgan fingerprint density at radius 3 is 3.24 bits per heavy atom. The normalized spacial score (nSPS) is 14.9. The Hall–Kier alpha value is -1.08. The molecule has 0 atom stereocenters. The highest BCUT2D eigenvalue weighted by Crippen LogP contribution is 2.19. The van der Waals surface area contributed by atoms with Crippen molar-refractivity contribution in [3.63, 3.8) is 0 Å². The largest absolute Gasteiger partial charge is 0.383 e. The summed E-state index contributed by atoms with van der Waals surface area (Å²) >= 11 is 1.40. The number of nitrogens with one attached hydrogen (secondary N) is 1. The molecule has 1 amide bonds. The zero-order valence-corrected chi connectivity index (χ0v) is 10.6. The molecular weight excluding hydrogens is 240 g/mol. The van der Waals surface area contributed by atoms with Crippen LogP contribution in [0.3, 0.4) is 0 Å². The van der Waals surface area contributed by atoms with Gasteiger partial charge in [0.05, 0.1) is 12.4 Å². The van der Waals surface area contributed by atoms with E-state index in [1.165, 1.54) is 11.8 Å². The molecule has 0 bridgehead atoms. The molecule has 94 valence electrons. The van der Waals surface area contributed by atoms with E-state index in [2.05, 4.69) is 15.5 Å². The molecule has 1 N–H and O–H groups in total. The number of hydrogen-bond acceptors (Lipinski definition) is 5. The first kappa shape index (κ1) is 12.4. The highest BCUT2D eigenvalue weighted by atomic mass is 32.2. The number of amides is 1. The van der Waals surface area contributed by atoms with Gasteiger partial charge in [-0.15, -0.1) is 10.2 Å². The van der Waals surface area contributed by atoms with Gasteiger partial charge < -0.3 is 14.6 Å². The van der Waals surface area contributed by atoms with Gasteiger partial charge in [-0.1, -0.05) is 11.8 Å². The predicted molar refractivity (Wildman–Crippen MR) is 63.8 cm³/mol. The van der Waals surface area contributed by atoms with E-state index >= 15 is 0 Å². The number of aromatic nitrogens is 3. The van der Waals surface area contributed by atoms with Gasteiger partial charge >= 0.3 is 0 Å². The van der Waals surface area contributed by atoms with Crippen LogP contribution in [0.25, 0.3) is 0 Å². The Kier molecular flexibility index (Phi) is 4.38. The second-order valence-corrected chi connectivity index (χ2v) is 4.87. The molecule has 0 spiro atoms. The SMILES string of the molecule is COCCn1cnnc1SCC(=O)NC1CC1. The van der Waals surface area contributed by atoms with Crippen molar-refractivity contribution in [1.82, 2.24) is 20.1 Å². The molecule has 0 aliphatic heterocycles. The molecule has 0 unspecified atom stereocenters. The first-order valence-electron chi connectivity index (χ1n) is 5.58. The van der Waals surface area contributed by atoms with Crippen LogP contribution in [-0.4, -0.2) is 46.2 Å². The highest BCUT2D eigenvalue weighted by Gasteiger charge is 2.23. The van der Waals surface area contributed by atoms with Gasteiger partial charge in [0.1, 0.15) is 6.33 Å². The van der Waals surface area contributed by atoms with E-state index in [-0.39, 0.29) is 5.91 Å². The van der Waals surface area contributed by atoms with Crippen LogP contribution in [0.1, 0.15) is 12.8 Å². The average Bonchev–Trinajstić information content (AvgIpc) is 3.01. The molecule has 2 rings (SSSR count). The lowest BCUT2D eigenvalue weighted by Gasteiger charge is -2.05. The Bertz CT molecular complexity index is 378. The second-order valence-electron chi connectivity index (χ2n) is 3.93. The van der Waals surface area contributed by atoms with Crippen LogP contribution in [0.4, 0.5) is 0 Å². The number of nitrogens with zero attached hydrogens (tertiary/aromatic N) is 3. The lowest BCUT2D eigenvalue weighted by Crippen LogP contribution is -2.27. The van der Waals surface area contributed by atoms with Crippen LogP contribution in [0, 0.1) is 0 Å². The fraction of sp³-hybridized carbons (Fsp3) is 0.700. The van der Waals surface area contributed by atoms with Gasteiger partial charge in [0.25, 0.3) is 0 Å². The van der Waals surface area contributed by atoms with Gasteiger partial charge in [-0.25, -0.2) is 0 Å². The number of hydrogen-bond donors (Lipinski definition) is 1. The number of ether oxygens (including phenoxy) is 1. The van der Waals surface area contributed by atoms with Crippen LogP contribution in [0.5, 0.6) is 0 Å². The van der Waals surface area contributed by atoms with Crippen molar-refractivity contribution >= 4 is 17.7 Å². The number of methoxy groups -OCH3 is 1. The molecule has 1 saturated carbocycles. The van der Waals surface area contributed by atoms with Crippen molar-refractivity contribution in [3.05, 3.63) is 6.33 Å². The third kappa shape index (κ3) is 4.01. The fourth-order valence-electron chi connectivity index (χ4n) is 1.33. The molecule has 1 aliphatic rings. The maximum Gasteiger partial charge on any atom is 0.230 e. The number of carbonyl (C=O) groups is 1. The molecule has 1 aromatic heterocycles. The summed E-state index contributed by atoms with van der Waals surface area (Å²) in [6.45, 7) is 1.32. The quantitative estimate of drug-likeness (QED) is 0.710. The van der Waals surface area contributed by atoms with E-state index < -0.39 is 0 Å². The Balaban J connectivity index is 1.76. The van der Waals surface area contributed by atoms with E-state index in [4.69, 9.17) is 4.74 Å². The molecule has 7 heteroatoms. The number of rotatable bonds is 7. The molecule has 0 aromatic carbocycles. The van der Waals surface area contributed by atoms with Crippen molar-refractivity contribution in [2.45, 2.75) is 30.6 Å². The summed E-state index contributed by atoms with van der Waals surface area (Å²) in [6.07, 6.45) is 3.88. The monoisotopic (exact) mass is 256 g/mol. The van der Waals surface area contributed by atoms with Gasteiger partial charge in [0.2, 0.25) is 5.91 Å². The number of carbonyl (C=O) groups excluding carboxylic acids is 1. The van der Waals surface area contributed by atoms with Gasteiger partial charge in [-0.05, 0) is 12.8 Å². The summed E-state index contributed by atoms with van der Waals surface area (Å²) in [7, 11) is 1.65. The summed E-state index contributed by atoms with van der Waals surface area (Å²) in [5.74, 6) is 0.459. The molecule has 1 heterocycles. The molecule has 0 radical (unpaired) electrons. The zero-order valence-electron chi connectivity index (χ0n) is 9.76. The smallest absolute Gasteiger partial charge is 0.230 e. The van der Waals surface area contributed by atoms with Crippen LogP contribution < -0.4 is 5.32 Å². The Labute approximate surface area is 104 Å². The van der Waals surface area contributed by atoms with E-state index in [1.807, 2.05) is 4.57 Å². The van der Waals surface area contributed by atoms with Crippen LogP contribution in [0.2, 0.25) is 0 Å². The predicted octanol–water partition coefficient (Wildman–Crippen LogP) is 0.295. The lowest BCUT2D eigenvalue weighted by molar-refractivity contribution is -0.118. The fourth-order valence-corrected chi connectivity index (χ4v) is 2.08. The van der Waals surface area contributed by atoms with Gasteiger partial charge in [0, 0.05) is 19.7 Å². The summed E-state index contributed by atoms with van der Waals surface area (Å²) in [5, 5.41) is 11.5. The van der Waals surface area contributed by atoms with E-state index in [1.54, 1.807) is 13.4 Å². The topological polar surface area (TPSA) is 69.0 Å². The molecule has 1 aromatic rings. The van der Waals surface area contributed by atoms with Crippen molar-refractivity contribution in [3.8, 4) is 0 Å². The zero-order chi connectivity index (χ0) is 12.1. The third-order valence-electron chi connectivity index (χ3n) is 2.39. The lowest BCUT2D eigenvalue weighted by atomic mass is 10.6. The van der Waals surface area contributed by atoms with Crippen LogP contribution in [-0.2, 0) is 16.1 Å². The minimum absolute atomic E-state index is 0.0683. The minimum Gasteiger partial charge on any atom is -0.383 e. The number of thioether (sulfide) groups is 1. The minimum atomic E-state index is 0.0683. The highest BCUT2D eigenvalue weighted by molar-refractivity contribution is 7.99.